The molecular formula is C21H15Cl2N3O3S. The monoisotopic (exact) mass is 459 g/mol. The summed E-state index contributed by atoms with van der Waals surface area (Å²) in [6.45, 7) is 0. The molecule has 0 bridgehead atoms. The Balaban J connectivity index is 1.56. The summed E-state index contributed by atoms with van der Waals surface area (Å²) in [5.41, 5.74) is 1.77. The molecule has 9 heteroatoms. The molecule has 3 aromatic rings. The highest BCUT2D eigenvalue weighted by Gasteiger charge is 2.09. The highest BCUT2D eigenvalue weighted by atomic mass is 35.5. The van der Waals surface area contributed by atoms with Crippen molar-refractivity contribution in [2.45, 2.75) is 0 Å². The Bertz CT molecular complexity index is 1110. The first kappa shape index (κ1) is 21.6. The van der Waals surface area contributed by atoms with Gasteiger partial charge in [0.25, 0.3) is 5.91 Å². The molecule has 0 atom stereocenters. The van der Waals surface area contributed by atoms with E-state index in [1.54, 1.807) is 60.7 Å². The van der Waals surface area contributed by atoms with Gasteiger partial charge in [-0.1, -0.05) is 35.3 Å². The molecule has 0 aliphatic carbocycles. The number of hydrogen-bond acceptors (Lipinski definition) is 4. The number of amides is 2. The van der Waals surface area contributed by atoms with E-state index < -0.39 is 5.91 Å². The molecule has 0 aliphatic heterocycles. The summed E-state index contributed by atoms with van der Waals surface area (Å²) in [6.07, 6.45) is 4.29. The van der Waals surface area contributed by atoms with Gasteiger partial charge in [0.05, 0.1) is 6.26 Å². The molecule has 0 unspecified atom stereocenters. The molecule has 0 fully saturated rings. The fourth-order valence-corrected chi connectivity index (χ4v) is 3.08. The molecule has 6 nitrogen and oxygen atoms in total. The maximum atomic E-state index is 12.1. The molecule has 0 radical (unpaired) electrons. The molecule has 152 valence electrons. The van der Waals surface area contributed by atoms with Gasteiger partial charge in [-0.25, -0.2) is 0 Å². The maximum absolute atomic E-state index is 12.1. The van der Waals surface area contributed by atoms with Crippen LogP contribution in [0.4, 0.5) is 11.4 Å². The third-order valence-electron chi connectivity index (χ3n) is 3.74. The van der Waals surface area contributed by atoms with E-state index in [4.69, 9.17) is 39.8 Å². The minimum atomic E-state index is -0.430. The van der Waals surface area contributed by atoms with Gasteiger partial charge >= 0.3 is 0 Å². The molecule has 2 aromatic carbocycles. The second kappa shape index (κ2) is 10.1. The minimum absolute atomic E-state index is 0.0985. The number of carbonyl (C=O) groups is 2. The van der Waals surface area contributed by atoms with E-state index in [1.165, 1.54) is 12.3 Å². The first-order valence-corrected chi connectivity index (χ1v) is 9.77. The minimum Gasteiger partial charge on any atom is -0.459 e. The van der Waals surface area contributed by atoms with Crippen LogP contribution in [0.2, 0.25) is 10.0 Å². The smallest absolute Gasteiger partial charge is 0.291 e. The summed E-state index contributed by atoms with van der Waals surface area (Å²) in [7, 11) is 0. The number of anilines is 2. The average molecular weight is 460 g/mol. The molecule has 1 aromatic heterocycles. The molecule has 3 N–H and O–H groups in total. The second-order valence-electron chi connectivity index (χ2n) is 5.95. The SMILES string of the molecule is O=C(/C=C/c1ccc(Cl)cc1Cl)NC(=S)Nc1cccc(NC(=O)c2ccco2)c1. The van der Waals surface area contributed by atoms with E-state index in [-0.39, 0.29) is 16.8 Å². The van der Waals surface area contributed by atoms with Crippen LogP contribution in [0.15, 0.2) is 71.4 Å². The number of carbonyl (C=O) groups excluding carboxylic acids is 2. The number of halogens is 2. The zero-order valence-corrected chi connectivity index (χ0v) is 17.6. The lowest BCUT2D eigenvalue weighted by Crippen LogP contribution is -2.32. The Kier molecular flexibility index (Phi) is 7.24. The molecule has 0 spiro atoms. The Morgan fingerprint density at radius 1 is 0.967 bits per heavy atom. The normalized spacial score (nSPS) is 10.6. The number of thiocarbonyl (C=S) groups is 1. The Labute approximate surface area is 187 Å². The summed E-state index contributed by atoms with van der Waals surface area (Å²) in [4.78, 5) is 24.1. The van der Waals surface area contributed by atoms with Crippen molar-refractivity contribution in [3.8, 4) is 0 Å². The van der Waals surface area contributed by atoms with Gasteiger partial charge in [0, 0.05) is 27.5 Å². The Morgan fingerprint density at radius 2 is 1.73 bits per heavy atom. The van der Waals surface area contributed by atoms with Crippen LogP contribution in [0.25, 0.3) is 6.08 Å². The van der Waals surface area contributed by atoms with Crippen LogP contribution in [0, 0.1) is 0 Å². The first-order valence-electron chi connectivity index (χ1n) is 8.61. The van der Waals surface area contributed by atoms with Crippen LogP contribution in [0.3, 0.4) is 0 Å². The van der Waals surface area contributed by atoms with Gasteiger partial charge in [-0.15, -0.1) is 0 Å². The Hall–Kier alpha value is -3.13. The van der Waals surface area contributed by atoms with Gasteiger partial charge in [-0.2, -0.15) is 0 Å². The molecule has 0 saturated carbocycles. The first-order chi connectivity index (χ1) is 14.4. The predicted octanol–water partition coefficient (Wildman–Crippen LogP) is 5.37. The third kappa shape index (κ3) is 6.18. The predicted molar refractivity (Wildman–Crippen MR) is 123 cm³/mol. The van der Waals surface area contributed by atoms with E-state index in [9.17, 15) is 9.59 Å². The van der Waals surface area contributed by atoms with Crippen LogP contribution in [-0.4, -0.2) is 16.9 Å². The maximum Gasteiger partial charge on any atom is 0.291 e. The van der Waals surface area contributed by atoms with E-state index in [1.807, 2.05) is 0 Å². The van der Waals surface area contributed by atoms with Crippen molar-refractivity contribution in [2.24, 2.45) is 0 Å². The van der Waals surface area contributed by atoms with E-state index >= 15 is 0 Å². The lowest BCUT2D eigenvalue weighted by Gasteiger charge is -2.10. The van der Waals surface area contributed by atoms with Gasteiger partial charge in [-0.05, 0) is 66.3 Å². The van der Waals surface area contributed by atoms with Crippen LogP contribution in [-0.2, 0) is 4.79 Å². The number of furan rings is 1. The summed E-state index contributed by atoms with van der Waals surface area (Å²) < 4.78 is 5.06. The van der Waals surface area contributed by atoms with Gasteiger partial charge < -0.3 is 15.1 Å². The fraction of sp³-hybridized carbons (Fsp3) is 0. The number of rotatable bonds is 5. The topological polar surface area (TPSA) is 83.4 Å². The van der Waals surface area contributed by atoms with Crippen molar-refractivity contribution in [1.82, 2.24) is 5.32 Å². The third-order valence-corrected chi connectivity index (χ3v) is 4.50. The van der Waals surface area contributed by atoms with Crippen molar-refractivity contribution in [1.29, 1.82) is 0 Å². The highest BCUT2D eigenvalue weighted by molar-refractivity contribution is 7.80. The van der Waals surface area contributed by atoms with Gasteiger partial charge in [-0.3, -0.25) is 14.9 Å². The summed E-state index contributed by atoms with van der Waals surface area (Å²) in [5.74, 6) is -0.608. The van der Waals surface area contributed by atoms with Gasteiger partial charge in [0.15, 0.2) is 10.9 Å². The standard InChI is InChI=1S/C21H15Cl2N3O3S/c22-14-8-6-13(17(23)11-14)7-9-19(27)26-21(30)25-16-4-1-3-15(12-16)24-20(28)18-5-2-10-29-18/h1-12H,(H,24,28)(H2,25,26,27,30)/b9-7+. The molecule has 1 heterocycles. The zero-order chi connectivity index (χ0) is 21.5. The lowest BCUT2D eigenvalue weighted by atomic mass is 10.2. The summed E-state index contributed by atoms with van der Waals surface area (Å²) in [5, 5.41) is 9.17. The van der Waals surface area contributed by atoms with Crippen molar-refractivity contribution in [3.05, 3.63) is 88.3 Å². The van der Waals surface area contributed by atoms with Crippen LogP contribution in [0.1, 0.15) is 16.1 Å². The number of nitrogens with one attached hydrogen (secondary N) is 3. The summed E-state index contributed by atoms with van der Waals surface area (Å²) >= 11 is 17.1. The second-order valence-corrected chi connectivity index (χ2v) is 7.21. The van der Waals surface area contributed by atoms with Crippen LogP contribution < -0.4 is 16.0 Å². The van der Waals surface area contributed by atoms with E-state index in [2.05, 4.69) is 16.0 Å². The van der Waals surface area contributed by atoms with Crippen LogP contribution >= 0.6 is 35.4 Å². The zero-order valence-electron chi connectivity index (χ0n) is 15.3. The van der Waals surface area contributed by atoms with Crippen LogP contribution in [0.5, 0.6) is 0 Å². The van der Waals surface area contributed by atoms with Gasteiger partial charge in [0.1, 0.15) is 0 Å². The van der Waals surface area contributed by atoms with Crippen molar-refractivity contribution < 1.29 is 14.0 Å². The number of benzene rings is 2. The molecule has 0 aliphatic rings. The van der Waals surface area contributed by atoms with Crippen molar-refractivity contribution in [3.63, 3.8) is 0 Å². The van der Waals surface area contributed by atoms with E-state index in [0.717, 1.165) is 0 Å². The molecule has 0 saturated heterocycles. The van der Waals surface area contributed by atoms with Gasteiger partial charge in [0.2, 0.25) is 5.91 Å². The fourth-order valence-electron chi connectivity index (χ4n) is 2.39. The average Bonchev–Trinajstić information content (AvgIpc) is 3.22. The molecular weight excluding hydrogens is 445 g/mol. The quantitative estimate of drug-likeness (QED) is 0.353. The van der Waals surface area contributed by atoms with Crippen molar-refractivity contribution >= 4 is 69.8 Å². The molecule has 30 heavy (non-hydrogen) atoms. The highest BCUT2D eigenvalue weighted by Crippen LogP contribution is 2.22. The van der Waals surface area contributed by atoms with E-state index in [0.29, 0.717) is 27.0 Å². The van der Waals surface area contributed by atoms with Crippen molar-refractivity contribution in [2.75, 3.05) is 10.6 Å². The Morgan fingerprint density at radius 3 is 2.43 bits per heavy atom. The lowest BCUT2D eigenvalue weighted by molar-refractivity contribution is -0.115. The number of hydrogen-bond donors (Lipinski definition) is 3. The summed E-state index contributed by atoms with van der Waals surface area (Å²) in [6, 6.07) is 15.0. The molecule has 2 amide bonds. The largest absolute Gasteiger partial charge is 0.459 e. The molecule has 3 rings (SSSR count).